The first-order valence-corrected chi connectivity index (χ1v) is 11.6. The van der Waals surface area contributed by atoms with Crippen LogP contribution in [0.3, 0.4) is 0 Å². The van der Waals surface area contributed by atoms with Crippen LogP contribution in [0.2, 0.25) is 0 Å². The molecule has 1 aromatic carbocycles. The lowest BCUT2D eigenvalue weighted by atomic mass is 9.41. The number of ether oxygens (including phenoxy) is 2. The van der Waals surface area contributed by atoms with Crippen LogP contribution in [0.25, 0.3) is 0 Å². The van der Waals surface area contributed by atoms with Crippen LogP contribution in [0.5, 0.6) is 0 Å². The van der Waals surface area contributed by atoms with Gasteiger partial charge in [0.1, 0.15) is 17.6 Å². The molecule has 1 spiro atoms. The summed E-state index contributed by atoms with van der Waals surface area (Å²) >= 11 is 0. The molecule has 0 N–H and O–H groups in total. The Labute approximate surface area is 187 Å². The standard InChI is InChI=1S/C27H28O5/c1-15-17-10-11-18-26-13-7-12-25(2,3)20(26)19(31-14-26)22(29)27(18,21(15)28)23(17)32-24(30)16-8-5-4-6-9-16/h4-9,13,17-20,23H,1,10-12,14H2,2-3H3/t17-,18-,19+,20+,23+,26+,27+/m0/s1. The molecule has 1 saturated heterocycles. The van der Waals surface area contributed by atoms with Gasteiger partial charge >= 0.3 is 5.97 Å². The maximum absolute atomic E-state index is 14.2. The molecular formula is C27H28O5. The SMILES string of the molecule is C=C1C(=O)[C@@]23C(=O)[C@@H]4OC[C@]5(C=CCC(C)(C)[C@@H]45)[C@@H]2CC[C@@H]1[C@H]3OC(=O)c1ccccc1. The van der Waals surface area contributed by atoms with E-state index in [4.69, 9.17) is 9.47 Å². The van der Waals surface area contributed by atoms with Crippen LogP contribution in [0, 0.1) is 34.0 Å². The van der Waals surface area contributed by atoms with Crippen molar-refractivity contribution < 1.29 is 23.9 Å². The zero-order chi connectivity index (χ0) is 22.5. The van der Waals surface area contributed by atoms with Gasteiger partial charge in [0.15, 0.2) is 11.6 Å². The van der Waals surface area contributed by atoms with Crippen molar-refractivity contribution in [2.45, 2.75) is 45.3 Å². The summed E-state index contributed by atoms with van der Waals surface area (Å²) in [5, 5.41) is 0. The molecular weight excluding hydrogens is 404 g/mol. The molecule has 0 unspecified atom stereocenters. The van der Waals surface area contributed by atoms with Gasteiger partial charge in [-0.25, -0.2) is 4.79 Å². The molecule has 3 saturated carbocycles. The van der Waals surface area contributed by atoms with Gasteiger partial charge in [0.2, 0.25) is 0 Å². The minimum Gasteiger partial charge on any atom is -0.457 e. The number of carbonyl (C=O) groups is 3. The number of rotatable bonds is 2. The average Bonchev–Trinajstić information content (AvgIpc) is 3.20. The Kier molecular flexibility index (Phi) is 3.95. The number of ketones is 2. The Hall–Kier alpha value is -2.53. The Bertz CT molecular complexity index is 1080. The number of hydrogen-bond acceptors (Lipinski definition) is 5. The lowest BCUT2D eigenvalue weighted by Gasteiger charge is -2.59. The van der Waals surface area contributed by atoms with E-state index >= 15 is 0 Å². The van der Waals surface area contributed by atoms with E-state index in [1.165, 1.54) is 0 Å². The van der Waals surface area contributed by atoms with Crippen molar-refractivity contribution in [3.05, 3.63) is 60.2 Å². The van der Waals surface area contributed by atoms with E-state index in [9.17, 15) is 14.4 Å². The summed E-state index contributed by atoms with van der Waals surface area (Å²) in [5.41, 5.74) is -1.05. The summed E-state index contributed by atoms with van der Waals surface area (Å²) in [7, 11) is 0. The highest BCUT2D eigenvalue weighted by molar-refractivity contribution is 6.20. The number of benzene rings is 1. The van der Waals surface area contributed by atoms with E-state index in [0.717, 1.165) is 12.8 Å². The topological polar surface area (TPSA) is 69.7 Å². The first-order valence-electron chi connectivity index (χ1n) is 11.6. The predicted octanol–water partition coefficient (Wildman–Crippen LogP) is 3.93. The summed E-state index contributed by atoms with van der Waals surface area (Å²) < 4.78 is 12.3. The van der Waals surface area contributed by atoms with Crippen molar-refractivity contribution in [1.82, 2.24) is 0 Å². The molecule has 5 aliphatic rings. The van der Waals surface area contributed by atoms with Gasteiger partial charge in [-0.3, -0.25) is 9.59 Å². The van der Waals surface area contributed by atoms with Crippen molar-refractivity contribution in [1.29, 1.82) is 0 Å². The summed E-state index contributed by atoms with van der Waals surface area (Å²) in [6.45, 7) is 8.89. The monoisotopic (exact) mass is 432 g/mol. The highest BCUT2D eigenvalue weighted by Gasteiger charge is 2.80. The summed E-state index contributed by atoms with van der Waals surface area (Å²) in [4.78, 5) is 41.1. The third kappa shape index (κ3) is 2.16. The van der Waals surface area contributed by atoms with Gasteiger partial charge in [-0.1, -0.05) is 50.8 Å². The Morgan fingerprint density at radius 1 is 1.16 bits per heavy atom. The number of carbonyl (C=O) groups excluding carboxylic acids is 3. The smallest absolute Gasteiger partial charge is 0.338 e. The number of Topliss-reactive ketones (excluding diaryl/α,β-unsaturated/α-hetero) is 2. The van der Waals surface area contributed by atoms with E-state index in [2.05, 4.69) is 32.6 Å². The van der Waals surface area contributed by atoms with Gasteiger partial charge < -0.3 is 9.47 Å². The summed E-state index contributed by atoms with van der Waals surface area (Å²) in [5.74, 6) is -1.47. The molecule has 4 aliphatic carbocycles. The van der Waals surface area contributed by atoms with E-state index < -0.39 is 29.0 Å². The van der Waals surface area contributed by atoms with Gasteiger partial charge in [0.05, 0.1) is 12.2 Å². The van der Waals surface area contributed by atoms with Crippen molar-refractivity contribution >= 4 is 17.5 Å². The first kappa shape index (κ1) is 20.1. The molecule has 7 atom stereocenters. The van der Waals surface area contributed by atoms with Crippen LogP contribution < -0.4 is 0 Å². The van der Waals surface area contributed by atoms with Crippen LogP contribution in [0.15, 0.2) is 54.6 Å². The van der Waals surface area contributed by atoms with E-state index in [1.807, 2.05) is 6.07 Å². The Morgan fingerprint density at radius 3 is 2.66 bits per heavy atom. The first-order chi connectivity index (χ1) is 15.2. The number of fused-ring (bicyclic) bond motifs is 1. The lowest BCUT2D eigenvalue weighted by Crippen LogP contribution is -2.68. The number of hydrogen-bond donors (Lipinski definition) is 0. The fourth-order valence-corrected chi connectivity index (χ4v) is 7.96. The molecule has 166 valence electrons. The molecule has 4 fully saturated rings. The number of allylic oxidation sites excluding steroid dienone is 1. The molecule has 0 aromatic heterocycles. The van der Waals surface area contributed by atoms with Gasteiger partial charge in [-0.2, -0.15) is 0 Å². The van der Waals surface area contributed by atoms with Crippen molar-refractivity contribution in [2.75, 3.05) is 6.61 Å². The molecule has 32 heavy (non-hydrogen) atoms. The van der Waals surface area contributed by atoms with Gasteiger partial charge in [0, 0.05) is 17.3 Å². The average molecular weight is 433 g/mol. The molecule has 1 aromatic rings. The minimum absolute atomic E-state index is 0.0202. The second kappa shape index (κ2) is 6.28. The van der Waals surface area contributed by atoms with Gasteiger partial charge in [0.25, 0.3) is 0 Å². The van der Waals surface area contributed by atoms with Gasteiger partial charge in [-0.15, -0.1) is 0 Å². The molecule has 1 aliphatic heterocycles. The molecule has 5 heteroatoms. The Balaban J connectivity index is 1.50. The van der Waals surface area contributed by atoms with E-state index in [1.54, 1.807) is 24.3 Å². The third-order valence-electron chi connectivity index (χ3n) is 9.11. The highest BCUT2D eigenvalue weighted by atomic mass is 16.5. The Morgan fingerprint density at radius 2 is 1.91 bits per heavy atom. The van der Waals surface area contributed by atoms with Crippen molar-refractivity contribution in [2.24, 2.45) is 34.0 Å². The minimum atomic E-state index is -1.39. The molecule has 4 bridgehead atoms. The predicted molar refractivity (Wildman–Crippen MR) is 117 cm³/mol. The zero-order valence-electron chi connectivity index (χ0n) is 18.5. The normalized spacial score (nSPS) is 43.1. The summed E-state index contributed by atoms with van der Waals surface area (Å²) in [6, 6.07) is 8.76. The molecule has 1 heterocycles. The zero-order valence-corrected chi connectivity index (χ0v) is 18.5. The van der Waals surface area contributed by atoms with Crippen LogP contribution in [0.4, 0.5) is 0 Å². The maximum Gasteiger partial charge on any atom is 0.338 e. The van der Waals surface area contributed by atoms with E-state index in [0.29, 0.717) is 24.2 Å². The van der Waals surface area contributed by atoms with Crippen LogP contribution >= 0.6 is 0 Å². The molecule has 0 amide bonds. The van der Waals surface area contributed by atoms with Crippen LogP contribution in [0.1, 0.15) is 43.5 Å². The van der Waals surface area contributed by atoms with Gasteiger partial charge in [-0.05, 0) is 48.3 Å². The second-order valence-electron chi connectivity index (χ2n) is 10.9. The summed E-state index contributed by atoms with van der Waals surface area (Å²) in [6.07, 6.45) is 5.23. The number of esters is 1. The van der Waals surface area contributed by atoms with Crippen LogP contribution in [-0.2, 0) is 19.1 Å². The largest absolute Gasteiger partial charge is 0.457 e. The van der Waals surface area contributed by atoms with Crippen LogP contribution in [-0.4, -0.2) is 36.4 Å². The molecule has 0 radical (unpaired) electrons. The maximum atomic E-state index is 14.2. The fourth-order valence-electron chi connectivity index (χ4n) is 7.96. The van der Waals surface area contributed by atoms with E-state index in [-0.39, 0.29) is 34.7 Å². The van der Waals surface area contributed by atoms with Crippen molar-refractivity contribution in [3.63, 3.8) is 0 Å². The van der Waals surface area contributed by atoms with Crippen molar-refractivity contribution in [3.8, 4) is 0 Å². The molecule has 6 rings (SSSR count). The second-order valence-corrected chi connectivity index (χ2v) is 10.9. The highest BCUT2D eigenvalue weighted by Crippen LogP contribution is 2.71. The fraction of sp³-hybridized carbons (Fsp3) is 0.519. The third-order valence-corrected chi connectivity index (χ3v) is 9.11. The quantitative estimate of drug-likeness (QED) is 0.307. The molecule has 5 nitrogen and oxygen atoms in total. The lowest BCUT2D eigenvalue weighted by molar-refractivity contribution is -0.178.